The van der Waals surface area contributed by atoms with E-state index in [0.29, 0.717) is 18.6 Å². The number of carbonyl (C=O) groups excluding carboxylic acids is 2. The summed E-state index contributed by atoms with van der Waals surface area (Å²) in [4.78, 5) is 42.4. The number of hydrogen-bond donors (Lipinski definition) is 1. The molecule has 2 amide bonds. The fraction of sp³-hybridized carbons (Fsp3) is 0.345. The van der Waals surface area contributed by atoms with Crippen molar-refractivity contribution < 1.29 is 32.2 Å². The van der Waals surface area contributed by atoms with Gasteiger partial charge in [0.1, 0.15) is 36.3 Å². The number of halogens is 3. The van der Waals surface area contributed by atoms with Gasteiger partial charge in [-0.15, -0.1) is 0 Å². The van der Waals surface area contributed by atoms with Crippen LogP contribution < -0.4 is 20.5 Å². The Labute approximate surface area is 234 Å². The maximum absolute atomic E-state index is 14.2. The molecule has 0 spiro atoms. The van der Waals surface area contributed by atoms with Crippen LogP contribution >= 0.6 is 0 Å². The van der Waals surface area contributed by atoms with Gasteiger partial charge in [0.2, 0.25) is 5.43 Å². The molecule has 2 aliphatic rings. The molecule has 12 heteroatoms. The number of hydrogen-bond acceptors (Lipinski definition) is 6. The summed E-state index contributed by atoms with van der Waals surface area (Å²) in [5.74, 6) is -5.19. The Balaban J connectivity index is 1.57. The Morgan fingerprint density at radius 3 is 2.41 bits per heavy atom. The molecule has 5 rings (SSSR count). The van der Waals surface area contributed by atoms with Crippen molar-refractivity contribution in [1.29, 1.82) is 0 Å². The van der Waals surface area contributed by atoms with Crippen LogP contribution in [0.4, 0.5) is 13.2 Å². The number of aromatic nitrogens is 1. The fourth-order valence-electron chi connectivity index (χ4n) is 5.25. The maximum Gasteiger partial charge on any atom is 0.278 e. The second kappa shape index (κ2) is 11.3. The van der Waals surface area contributed by atoms with Gasteiger partial charge in [-0.05, 0) is 25.8 Å². The van der Waals surface area contributed by atoms with E-state index in [0.717, 1.165) is 5.56 Å². The summed E-state index contributed by atoms with van der Waals surface area (Å²) in [5, 5.41) is 4.17. The Morgan fingerprint density at radius 2 is 1.76 bits per heavy atom. The number of pyridine rings is 1. The average Bonchev–Trinajstić information content (AvgIpc) is 3.05. The van der Waals surface area contributed by atoms with Crippen molar-refractivity contribution in [3.8, 4) is 5.75 Å². The number of nitrogens with zero attached hydrogens (tertiary/aromatic N) is 3. The van der Waals surface area contributed by atoms with E-state index >= 15 is 0 Å². The van der Waals surface area contributed by atoms with Crippen molar-refractivity contribution in [3.63, 3.8) is 0 Å². The van der Waals surface area contributed by atoms with Crippen LogP contribution in [0.15, 0.2) is 53.5 Å². The number of fused-ring (bicyclic) bond motifs is 4. The van der Waals surface area contributed by atoms with Gasteiger partial charge in [-0.1, -0.05) is 30.3 Å². The summed E-state index contributed by atoms with van der Waals surface area (Å²) in [6.45, 7) is 3.28. The van der Waals surface area contributed by atoms with E-state index in [1.165, 1.54) is 10.9 Å². The summed E-state index contributed by atoms with van der Waals surface area (Å²) < 4.78 is 54.7. The Hall–Kier alpha value is -4.32. The highest BCUT2D eigenvalue weighted by atomic mass is 19.1. The molecule has 216 valence electrons. The van der Waals surface area contributed by atoms with E-state index in [9.17, 15) is 27.6 Å². The molecule has 9 nitrogen and oxygen atoms in total. The fourth-order valence-corrected chi connectivity index (χ4v) is 5.25. The normalized spacial score (nSPS) is 20.0. The minimum absolute atomic E-state index is 0.0418. The van der Waals surface area contributed by atoms with Gasteiger partial charge in [0.15, 0.2) is 11.4 Å². The third-order valence-electron chi connectivity index (χ3n) is 7.60. The van der Waals surface area contributed by atoms with Crippen molar-refractivity contribution >= 4 is 11.8 Å². The molecule has 1 fully saturated rings. The van der Waals surface area contributed by atoms with Gasteiger partial charge in [0.25, 0.3) is 11.8 Å². The second-order valence-electron chi connectivity index (χ2n) is 10.2. The molecule has 2 bridgehead atoms. The molecule has 3 atom stereocenters. The van der Waals surface area contributed by atoms with Crippen LogP contribution in [0.3, 0.4) is 0 Å². The standard InChI is InChI=1S/C29H29F3N4O5/c1-16-9-24(40-3)17(2)34-15-36(16)35-13-21(28(38)33-12-20-22(31)10-19(30)11-23(20)32)26(37)27(25(35)29(34)39)41-14-18-7-5-4-6-8-18/h4-8,10-11,13,16-17,24H,9,12,14-15H2,1-3H3,(H,33,38)/t16-,17+,24-/m1/s1. The number of carbonyl (C=O) groups is 2. The molecular weight excluding hydrogens is 541 g/mol. The van der Waals surface area contributed by atoms with Crippen LogP contribution in [0.1, 0.15) is 52.2 Å². The smallest absolute Gasteiger partial charge is 0.278 e. The molecule has 2 aromatic carbocycles. The highest BCUT2D eigenvalue weighted by Crippen LogP contribution is 2.31. The largest absolute Gasteiger partial charge is 0.482 e. The molecule has 1 aromatic heterocycles. The van der Waals surface area contributed by atoms with Crippen LogP contribution in [0, 0.1) is 17.5 Å². The van der Waals surface area contributed by atoms with Crippen molar-refractivity contribution in [3.05, 3.63) is 98.7 Å². The first-order valence-electron chi connectivity index (χ1n) is 13.1. The lowest BCUT2D eigenvalue weighted by molar-refractivity contribution is 0.0213. The number of benzene rings is 2. The molecule has 0 saturated carbocycles. The highest BCUT2D eigenvalue weighted by molar-refractivity contribution is 5.99. The first-order chi connectivity index (χ1) is 19.6. The quantitative estimate of drug-likeness (QED) is 0.469. The van der Waals surface area contributed by atoms with Crippen molar-refractivity contribution in [2.45, 2.75) is 51.6 Å². The first kappa shape index (κ1) is 28.2. The minimum Gasteiger partial charge on any atom is -0.482 e. The van der Waals surface area contributed by atoms with E-state index in [2.05, 4.69) is 5.32 Å². The van der Waals surface area contributed by atoms with Crippen molar-refractivity contribution in [1.82, 2.24) is 14.9 Å². The molecule has 1 N–H and O–H groups in total. The van der Waals surface area contributed by atoms with E-state index < -0.39 is 52.4 Å². The monoisotopic (exact) mass is 570 g/mol. The summed E-state index contributed by atoms with van der Waals surface area (Å²) in [6.07, 6.45) is 1.51. The third-order valence-corrected chi connectivity index (χ3v) is 7.60. The molecular formula is C29H29F3N4O5. The van der Waals surface area contributed by atoms with E-state index in [1.807, 2.05) is 24.9 Å². The van der Waals surface area contributed by atoms with Crippen LogP contribution in [-0.2, 0) is 17.9 Å². The van der Waals surface area contributed by atoms with Gasteiger partial charge >= 0.3 is 0 Å². The zero-order valence-corrected chi connectivity index (χ0v) is 22.7. The summed E-state index contributed by atoms with van der Waals surface area (Å²) >= 11 is 0. The SMILES string of the molecule is CO[C@@H]1C[C@@H](C)N2CN(C(=O)c3c(OCc4ccccc4)c(=O)c(C(=O)NCc4c(F)cc(F)cc4F)cn32)[C@H]1C. The lowest BCUT2D eigenvalue weighted by Gasteiger charge is -2.42. The third kappa shape index (κ3) is 5.26. The van der Waals surface area contributed by atoms with E-state index in [1.54, 1.807) is 36.3 Å². The van der Waals surface area contributed by atoms with Crippen LogP contribution in [0.5, 0.6) is 5.75 Å². The van der Waals surface area contributed by atoms with E-state index in [4.69, 9.17) is 9.47 Å². The number of nitrogens with one attached hydrogen (secondary N) is 1. The summed E-state index contributed by atoms with van der Waals surface area (Å²) in [7, 11) is 1.57. The van der Waals surface area contributed by atoms with Gasteiger partial charge in [-0.25, -0.2) is 13.2 Å². The summed E-state index contributed by atoms with van der Waals surface area (Å²) in [6, 6.07) is 9.50. The minimum atomic E-state index is -1.18. The Kier molecular flexibility index (Phi) is 7.76. The zero-order chi connectivity index (χ0) is 29.4. The number of ether oxygens (including phenoxy) is 2. The average molecular weight is 571 g/mol. The molecule has 0 unspecified atom stereocenters. The zero-order valence-electron chi connectivity index (χ0n) is 22.7. The molecule has 0 radical (unpaired) electrons. The Morgan fingerprint density at radius 1 is 1.07 bits per heavy atom. The molecule has 1 saturated heterocycles. The number of rotatable bonds is 7. The topological polar surface area (TPSA) is 93.1 Å². The van der Waals surface area contributed by atoms with Gasteiger partial charge in [-0.3, -0.25) is 24.1 Å². The van der Waals surface area contributed by atoms with Crippen LogP contribution in [0.2, 0.25) is 0 Å². The maximum atomic E-state index is 14.2. The molecule has 2 aliphatic heterocycles. The van der Waals surface area contributed by atoms with Crippen LogP contribution in [-0.4, -0.2) is 53.4 Å². The molecule has 3 aromatic rings. The van der Waals surface area contributed by atoms with E-state index in [-0.39, 0.29) is 42.9 Å². The lowest BCUT2D eigenvalue weighted by Crippen LogP contribution is -2.58. The van der Waals surface area contributed by atoms with Crippen molar-refractivity contribution in [2.24, 2.45) is 0 Å². The predicted molar refractivity (Wildman–Crippen MR) is 143 cm³/mol. The van der Waals surface area contributed by atoms with Crippen molar-refractivity contribution in [2.75, 3.05) is 18.8 Å². The highest BCUT2D eigenvalue weighted by Gasteiger charge is 2.43. The second-order valence-corrected chi connectivity index (χ2v) is 10.2. The lowest BCUT2D eigenvalue weighted by atomic mass is 10.0. The number of amides is 2. The van der Waals surface area contributed by atoms with Gasteiger partial charge in [0, 0.05) is 43.6 Å². The number of methoxy groups -OCH3 is 1. The van der Waals surface area contributed by atoms with Gasteiger partial charge in [-0.2, -0.15) is 0 Å². The first-order valence-corrected chi connectivity index (χ1v) is 13.1. The predicted octanol–water partition coefficient (Wildman–Crippen LogP) is 3.32. The molecule has 3 heterocycles. The Bertz CT molecular complexity index is 1520. The van der Waals surface area contributed by atoms with Crippen LogP contribution in [0.25, 0.3) is 0 Å². The summed E-state index contributed by atoms with van der Waals surface area (Å²) in [5.41, 5.74) is -1.13. The van der Waals surface area contributed by atoms with Gasteiger partial charge < -0.3 is 19.7 Å². The molecule has 0 aliphatic carbocycles. The molecule has 41 heavy (non-hydrogen) atoms. The van der Waals surface area contributed by atoms with Gasteiger partial charge in [0.05, 0.1) is 12.1 Å².